The van der Waals surface area contributed by atoms with Gasteiger partial charge in [-0.1, -0.05) is 6.55 Å². The Labute approximate surface area is 37.3 Å². The van der Waals surface area contributed by atoms with Gasteiger partial charge >= 0.3 is 0 Å². The molecular formula is C2H10OSi2. The van der Waals surface area contributed by atoms with E-state index in [2.05, 4.69) is 6.55 Å². The van der Waals surface area contributed by atoms with Crippen molar-refractivity contribution in [3.05, 3.63) is 0 Å². The first-order valence-electron chi connectivity index (χ1n) is 1.80. The summed E-state index contributed by atoms with van der Waals surface area (Å²) in [5.74, 6) is 0. The molecule has 0 saturated carbocycles. The van der Waals surface area contributed by atoms with Crippen LogP contribution in [0.4, 0.5) is 0 Å². The molecule has 0 N–H and O–H groups in total. The minimum Gasteiger partial charge on any atom is -0.428 e. The second kappa shape index (κ2) is 2.62. The van der Waals surface area contributed by atoms with Gasteiger partial charge in [-0.25, -0.2) is 0 Å². The van der Waals surface area contributed by atoms with Gasteiger partial charge in [0.2, 0.25) is 0 Å². The summed E-state index contributed by atoms with van der Waals surface area (Å²) in [5.41, 5.74) is 0. The van der Waals surface area contributed by atoms with Gasteiger partial charge in [-0.05, 0) is 0 Å². The molecule has 1 atom stereocenters. The van der Waals surface area contributed by atoms with Crippen LogP contribution in [0.3, 0.4) is 0 Å². The lowest BCUT2D eigenvalue weighted by Crippen LogP contribution is -2.08. The molecule has 0 radical (unpaired) electrons. The molecule has 0 spiro atoms. The highest BCUT2D eigenvalue weighted by Gasteiger charge is 1.83. The Bertz CT molecular complexity index is 21.6. The number of hydrogen-bond acceptors (Lipinski definition) is 1. The highest BCUT2D eigenvalue weighted by Crippen LogP contribution is 1.65. The van der Waals surface area contributed by atoms with Crippen molar-refractivity contribution in [2.75, 3.05) is 7.11 Å². The maximum absolute atomic E-state index is 4.95. The summed E-state index contributed by atoms with van der Waals surface area (Å²) in [5, 5.41) is 0. The third-order valence-electron chi connectivity index (χ3n) is 0.471. The fraction of sp³-hybridized carbons (Fsp3) is 1.00. The Kier molecular flexibility index (Phi) is 2.83. The van der Waals surface area contributed by atoms with Gasteiger partial charge in [0.25, 0.3) is 0 Å². The van der Waals surface area contributed by atoms with Crippen LogP contribution >= 0.6 is 0 Å². The van der Waals surface area contributed by atoms with E-state index in [9.17, 15) is 0 Å². The highest BCUT2D eigenvalue weighted by molar-refractivity contribution is 6.98. The van der Waals surface area contributed by atoms with Crippen LogP contribution in [0.25, 0.3) is 0 Å². The molecule has 0 aliphatic rings. The van der Waals surface area contributed by atoms with E-state index in [0.717, 1.165) is 0 Å². The van der Waals surface area contributed by atoms with Crippen LogP contribution in [-0.4, -0.2) is 25.4 Å². The topological polar surface area (TPSA) is 9.23 Å². The first-order valence-corrected chi connectivity index (χ1v) is 8.04. The third kappa shape index (κ3) is 4.39. The maximum atomic E-state index is 4.95. The van der Waals surface area contributed by atoms with Gasteiger partial charge in [0.05, 0.1) is 0 Å². The van der Waals surface area contributed by atoms with Gasteiger partial charge in [0.1, 0.15) is 0 Å². The van der Waals surface area contributed by atoms with Crippen LogP contribution in [0.5, 0.6) is 0 Å². The molecule has 1 nitrogen and oxygen atoms in total. The van der Waals surface area contributed by atoms with Crippen LogP contribution in [0.1, 0.15) is 0 Å². The fourth-order valence-corrected chi connectivity index (χ4v) is 0. The van der Waals surface area contributed by atoms with E-state index in [1.807, 2.05) is 0 Å². The van der Waals surface area contributed by atoms with E-state index in [1.165, 1.54) is 9.76 Å². The second-order valence-corrected chi connectivity index (χ2v) is 8.73. The van der Waals surface area contributed by atoms with Crippen molar-refractivity contribution >= 4 is 18.3 Å². The molecular weight excluding hydrogens is 96.2 g/mol. The monoisotopic (exact) mass is 106 g/mol. The minimum absolute atomic E-state index is 0.511. The van der Waals surface area contributed by atoms with Gasteiger partial charge < -0.3 is 4.43 Å². The van der Waals surface area contributed by atoms with E-state index >= 15 is 0 Å². The first kappa shape index (κ1) is 5.39. The Morgan fingerprint density at radius 1 is 1.80 bits per heavy atom. The summed E-state index contributed by atoms with van der Waals surface area (Å²) in [4.78, 5) is 0. The zero-order chi connectivity index (χ0) is 4.28. The summed E-state index contributed by atoms with van der Waals surface area (Å²) in [6, 6.07) is 0. The quantitative estimate of drug-likeness (QED) is 0.384. The van der Waals surface area contributed by atoms with Crippen LogP contribution < -0.4 is 0 Å². The molecule has 0 aliphatic carbocycles. The zero-order valence-corrected chi connectivity index (χ0v) is 7.14. The zero-order valence-electron chi connectivity index (χ0n) is 3.99. The van der Waals surface area contributed by atoms with E-state index in [-0.39, 0.29) is 0 Å². The van der Waals surface area contributed by atoms with Gasteiger partial charge in [0, 0.05) is 16.9 Å². The molecule has 0 aromatic rings. The molecule has 0 saturated heterocycles. The average Bonchev–Trinajstić information content (AvgIpc) is 1.38. The largest absolute Gasteiger partial charge is 0.428 e. The van der Waals surface area contributed by atoms with E-state index in [1.54, 1.807) is 7.11 Å². The Morgan fingerprint density at radius 3 is 2.00 bits per heavy atom. The van der Waals surface area contributed by atoms with Crippen LogP contribution in [0.15, 0.2) is 0 Å². The third-order valence-corrected chi connectivity index (χ3v) is 2.83. The van der Waals surface area contributed by atoms with Crippen LogP contribution in [0.2, 0.25) is 6.55 Å². The van der Waals surface area contributed by atoms with Crippen molar-refractivity contribution in [1.29, 1.82) is 0 Å². The van der Waals surface area contributed by atoms with Crippen molar-refractivity contribution in [3.63, 3.8) is 0 Å². The molecule has 0 amide bonds. The van der Waals surface area contributed by atoms with Gasteiger partial charge in [-0.15, -0.1) is 0 Å². The molecule has 0 bridgehead atoms. The van der Waals surface area contributed by atoms with Crippen molar-refractivity contribution < 1.29 is 4.43 Å². The summed E-state index contributed by atoms with van der Waals surface area (Å²) < 4.78 is 4.95. The molecule has 0 aliphatic heterocycles. The Balaban J connectivity index is 2.54. The van der Waals surface area contributed by atoms with Crippen molar-refractivity contribution in [1.82, 2.24) is 0 Å². The standard InChI is InChI=1S/C2H10OSi2/c1-3-5(2)4/h5H,1-2,4H3. The van der Waals surface area contributed by atoms with Gasteiger partial charge in [0.15, 0.2) is 8.56 Å². The highest BCUT2D eigenvalue weighted by atomic mass is 29.2. The molecule has 5 heavy (non-hydrogen) atoms. The van der Waals surface area contributed by atoms with E-state index in [4.69, 9.17) is 4.43 Å². The molecule has 0 aromatic carbocycles. The smallest absolute Gasteiger partial charge is 0.150 e. The normalized spacial score (nSPS) is 15.6. The second-order valence-electron chi connectivity index (χ2n) is 1.28. The van der Waals surface area contributed by atoms with Crippen LogP contribution in [-0.2, 0) is 4.43 Å². The Morgan fingerprint density at radius 2 is 2.00 bits per heavy atom. The molecule has 32 valence electrons. The fourth-order valence-electron chi connectivity index (χ4n) is 0. The average molecular weight is 106 g/mol. The van der Waals surface area contributed by atoms with Crippen molar-refractivity contribution in [2.24, 2.45) is 0 Å². The lowest BCUT2D eigenvalue weighted by molar-refractivity contribution is 0.440. The van der Waals surface area contributed by atoms with Crippen molar-refractivity contribution in [3.8, 4) is 0 Å². The summed E-state index contributed by atoms with van der Waals surface area (Å²) in [6.07, 6.45) is 0. The summed E-state index contributed by atoms with van der Waals surface area (Å²) >= 11 is 0. The van der Waals surface area contributed by atoms with E-state index in [0.29, 0.717) is 0 Å². The molecule has 0 fully saturated rings. The van der Waals surface area contributed by atoms with Gasteiger partial charge in [-0.2, -0.15) is 0 Å². The summed E-state index contributed by atoms with van der Waals surface area (Å²) in [7, 11) is 2.57. The number of rotatable bonds is 1. The maximum Gasteiger partial charge on any atom is 0.150 e. The molecule has 0 rings (SSSR count). The number of hydrogen-bond donors (Lipinski definition) is 0. The molecule has 1 unspecified atom stereocenters. The first-order chi connectivity index (χ1) is 2.27. The lowest BCUT2D eigenvalue weighted by Gasteiger charge is -1.92. The predicted octanol–water partition coefficient (Wildman–Crippen LogP) is -1.15. The molecule has 0 heterocycles. The van der Waals surface area contributed by atoms with Crippen molar-refractivity contribution in [2.45, 2.75) is 6.55 Å². The van der Waals surface area contributed by atoms with E-state index < -0.39 is 8.56 Å². The predicted molar refractivity (Wildman–Crippen MR) is 30.0 cm³/mol. The lowest BCUT2D eigenvalue weighted by atomic mass is 11.8. The SMILES string of the molecule is CO[SiH](C)[SiH3]. The Hall–Kier alpha value is 0.394. The van der Waals surface area contributed by atoms with Crippen LogP contribution in [0, 0.1) is 0 Å². The van der Waals surface area contributed by atoms with Gasteiger partial charge in [-0.3, -0.25) is 0 Å². The summed E-state index contributed by atoms with van der Waals surface area (Å²) in [6.45, 7) is 2.20. The molecule has 3 heteroatoms. The molecule has 0 aromatic heterocycles. The minimum atomic E-state index is -0.511.